The molecule has 0 bridgehead atoms. The van der Waals surface area contributed by atoms with Crippen LogP contribution in [0.3, 0.4) is 0 Å². The number of likely N-dealkylation sites (N-methyl/N-ethyl adjacent to an activating group) is 1. The van der Waals surface area contributed by atoms with Gasteiger partial charge in [0.15, 0.2) is 0 Å². The molecule has 0 rings (SSSR count). The van der Waals surface area contributed by atoms with Crippen molar-refractivity contribution in [2.24, 2.45) is 0 Å². The van der Waals surface area contributed by atoms with Crippen molar-refractivity contribution in [3.63, 3.8) is 0 Å². The molecule has 0 aromatic heterocycles. The van der Waals surface area contributed by atoms with Crippen molar-refractivity contribution >= 4 is 26.5 Å². The van der Waals surface area contributed by atoms with Crippen LogP contribution in [0.4, 0.5) is 0 Å². The van der Waals surface area contributed by atoms with Crippen molar-refractivity contribution in [3.8, 4) is 0 Å². The zero-order valence-corrected chi connectivity index (χ0v) is 36.4. The zero-order chi connectivity index (χ0) is 38.6. The topological polar surface area (TPSA) is 108 Å². The van der Waals surface area contributed by atoms with Crippen molar-refractivity contribution in [3.05, 3.63) is 12.2 Å². The van der Waals surface area contributed by atoms with E-state index in [2.05, 4.69) is 26.0 Å². The number of esters is 2. The van der Waals surface area contributed by atoms with Gasteiger partial charge in [0.2, 0.25) is 0 Å². The van der Waals surface area contributed by atoms with E-state index < -0.39 is 26.6 Å². The van der Waals surface area contributed by atoms with Crippen LogP contribution in [0.2, 0.25) is 0 Å². The van der Waals surface area contributed by atoms with E-state index in [1.165, 1.54) is 109 Å². The van der Waals surface area contributed by atoms with Crippen LogP contribution in [0.5, 0.6) is 0 Å². The summed E-state index contributed by atoms with van der Waals surface area (Å²) in [6.45, 7) is 4.50. The molecule has 0 saturated carbocycles. The third kappa shape index (κ3) is 38.6. The van der Waals surface area contributed by atoms with Crippen LogP contribution in [-0.4, -0.2) is 88.6 Å². The standard InChI is InChI=1S/C42H82AsNO8/c1-6-8-10-12-14-16-18-20-21-23-25-27-29-31-33-35-42(46)52-40(39-51-43(47,48)50-37-36-44(3,4)5)38-49-41(45)34-32-30-28-26-24-22-19-17-15-13-11-9-7-2/h20-21,40H,6-19,22-39H2,1-5H3/p+1/b21-20-/t40-/m1/s1. The van der Waals surface area contributed by atoms with Gasteiger partial charge >= 0.3 is 202 Å². The summed E-state index contributed by atoms with van der Waals surface area (Å²) in [4.78, 5) is 25.1. The molecule has 0 fully saturated rings. The molecule has 308 valence electrons. The number of quaternary nitrogens is 1. The number of rotatable bonds is 39. The van der Waals surface area contributed by atoms with Crippen molar-refractivity contribution in [1.29, 1.82) is 0 Å². The summed E-state index contributed by atoms with van der Waals surface area (Å²) < 4.78 is 44.7. The average Bonchev–Trinajstić information content (AvgIpc) is 3.09. The summed E-state index contributed by atoms with van der Waals surface area (Å²) in [6, 6.07) is 0. The Bertz CT molecular complexity index is 907. The van der Waals surface area contributed by atoms with Crippen LogP contribution in [0.1, 0.15) is 194 Å². The third-order valence-corrected chi connectivity index (χ3v) is 11.4. The van der Waals surface area contributed by atoms with E-state index in [0.29, 0.717) is 23.9 Å². The van der Waals surface area contributed by atoms with E-state index in [1.807, 2.05) is 21.1 Å². The molecule has 2 atom stereocenters. The zero-order valence-electron chi connectivity index (χ0n) is 34.6. The molecule has 0 aliphatic carbocycles. The van der Waals surface area contributed by atoms with Gasteiger partial charge in [-0.3, -0.25) is 0 Å². The Labute approximate surface area is 323 Å². The molecule has 0 spiro atoms. The van der Waals surface area contributed by atoms with Gasteiger partial charge < -0.3 is 0 Å². The van der Waals surface area contributed by atoms with E-state index in [4.69, 9.17) is 16.9 Å². The number of hydrogen-bond donors (Lipinski definition) is 1. The van der Waals surface area contributed by atoms with E-state index in [-0.39, 0.29) is 32.2 Å². The van der Waals surface area contributed by atoms with Gasteiger partial charge in [-0.05, 0) is 12.8 Å². The van der Waals surface area contributed by atoms with Crippen molar-refractivity contribution < 1.29 is 38.8 Å². The fourth-order valence-electron chi connectivity index (χ4n) is 5.89. The van der Waals surface area contributed by atoms with Crippen molar-refractivity contribution in [1.82, 2.24) is 0 Å². The minimum atomic E-state index is -5.06. The van der Waals surface area contributed by atoms with Crippen LogP contribution in [0, 0.1) is 0 Å². The molecule has 0 aliphatic rings. The fourth-order valence-corrected chi connectivity index (χ4v) is 7.45. The Morgan fingerprint density at radius 2 is 0.981 bits per heavy atom. The fraction of sp³-hybridized carbons (Fsp3) is 0.905. The Morgan fingerprint density at radius 1 is 0.577 bits per heavy atom. The van der Waals surface area contributed by atoms with Gasteiger partial charge in [-0.2, -0.15) is 0 Å². The van der Waals surface area contributed by atoms with Gasteiger partial charge in [-0.15, -0.1) is 0 Å². The van der Waals surface area contributed by atoms with Crippen LogP contribution < -0.4 is 0 Å². The predicted molar refractivity (Wildman–Crippen MR) is 214 cm³/mol. The molecule has 0 amide bonds. The first-order valence-electron chi connectivity index (χ1n) is 21.4. The molecular formula is C42H83AsNO8+. The maximum absolute atomic E-state index is 12.7. The molecular weight excluding hydrogens is 721 g/mol. The Balaban J connectivity index is 4.37. The van der Waals surface area contributed by atoms with Gasteiger partial charge in [0.1, 0.15) is 0 Å². The number of nitrogens with zero attached hydrogens (tertiary/aromatic N) is 1. The summed E-state index contributed by atoms with van der Waals surface area (Å²) in [5.41, 5.74) is 0. The molecule has 10 heteroatoms. The van der Waals surface area contributed by atoms with Crippen molar-refractivity contribution in [2.45, 2.75) is 200 Å². The van der Waals surface area contributed by atoms with Gasteiger partial charge in [0, 0.05) is 0 Å². The summed E-state index contributed by atoms with van der Waals surface area (Å²) in [5, 5.41) is 0. The molecule has 0 saturated heterocycles. The normalized spacial score (nSPS) is 13.7. The molecule has 0 aromatic carbocycles. The molecule has 0 heterocycles. The Kier molecular flexibility index (Phi) is 34.8. The number of unbranched alkanes of at least 4 members (excludes halogenated alkanes) is 23. The quantitative estimate of drug-likeness (QED) is 0.0215. The minimum absolute atomic E-state index is 0.0601. The first-order chi connectivity index (χ1) is 25.0. The third-order valence-electron chi connectivity index (χ3n) is 9.30. The van der Waals surface area contributed by atoms with E-state index >= 15 is 0 Å². The monoisotopic (exact) mass is 805 g/mol. The maximum atomic E-state index is 12.7. The number of carbonyl (C=O) groups excluding carboxylic acids is 2. The molecule has 1 unspecified atom stereocenters. The van der Waals surface area contributed by atoms with E-state index in [0.717, 1.165) is 51.4 Å². The second kappa shape index (κ2) is 35.6. The number of hydrogen-bond acceptors (Lipinski definition) is 7. The molecule has 52 heavy (non-hydrogen) atoms. The SMILES string of the molecule is CCCCCCCC/C=C\CCCCCCCC(=O)O[C@H](COC(=O)CCCCCCCCCCCCCCC)CO[As](=O)(O)OCC[N+](C)(C)C. The molecule has 0 radical (unpaired) electrons. The van der Waals surface area contributed by atoms with Gasteiger partial charge in [-0.1, -0.05) is 109 Å². The Hall–Kier alpha value is -1.12. The molecule has 0 aliphatic heterocycles. The van der Waals surface area contributed by atoms with Gasteiger partial charge in [0.05, 0.1) is 0 Å². The van der Waals surface area contributed by atoms with Crippen molar-refractivity contribution in [2.75, 3.05) is 47.5 Å². The van der Waals surface area contributed by atoms with Crippen LogP contribution in [0.15, 0.2) is 12.2 Å². The van der Waals surface area contributed by atoms with Gasteiger partial charge in [-0.25, -0.2) is 0 Å². The first-order valence-corrected chi connectivity index (χ1v) is 24.5. The Morgan fingerprint density at radius 3 is 1.42 bits per heavy atom. The van der Waals surface area contributed by atoms with Crippen LogP contribution >= 0.6 is 0 Å². The van der Waals surface area contributed by atoms with E-state index in [1.54, 1.807) is 0 Å². The predicted octanol–water partition coefficient (Wildman–Crippen LogP) is 10.6. The van der Waals surface area contributed by atoms with Gasteiger partial charge in [0.25, 0.3) is 0 Å². The molecule has 1 N–H and O–H groups in total. The number of carbonyl (C=O) groups is 2. The van der Waals surface area contributed by atoms with Crippen LogP contribution in [0.25, 0.3) is 0 Å². The summed E-state index contributed by atoms with van der Waals surface area (Å²) in [7, 11) is 5.87. The summed E-state index contributed by atoms with van der Waals surface area (Å²) in [6.07, 6.45) is 35.4. The average molecular weight is 805 g/mol. The molecule has 9 nitrogen and oxygen atoms in total. The second-order valence-corrected chi connectivity index (χ2v) is 18.8. The summed E-state index contributed by atoms with van der Waals surface area (Å²) >= 11 is -5.06. The van der Waals surface area contributed by atoms with Crippen LogP contribution in [-0.2, 0) is 30.3 Å². The summed E-state index contributed by atoms with van der Waals surface area (Å²) in [5.74, 6) is -0.789. The number of ether oxygens (including phenoxy) is 2. The molecule has 0 aromatic rings. The number of allylic oxidation sites excluding steroid dienone is 2. The second-order valence-electron chi connectivity index (χ2n) is 15.7. The van der Waals surface area contributed by atoms with E-state index in [9.17, 15) is 17.4 Å². The first kappa shape index (κ1) is 50.9.